The minimum Gasteiger partial charge on any atom is -0.507 e. The molecule has 0 saturated carbocycles. The number of rotatable bonds is 6. The molecular weight excluding hydrogens is 705 g/mol. The van der Waals surface area contributed by atoms with Crippen LogP contribution in [0.3, 0.4) is 0 Å². The molecule has 4 nitrogen and oxygen atoms in total. The SMILES string of the molecule is CC(C)(C)c1cc(C2=Nc3c(-c4ccc(-c5ccccc5)c(-c5ccccn5)c4)ccnc3B2c2ccc(-c3ccccc3)cc2C(C)(C)C)c(O)c(C(C)(C)C)c1. The third-order valence-electron chi connectivity index (χ3n) is 11.4. The normalized spacial score (nSPS) is 13.1. The smallest absolute Gasteiger partial charge is 0.292 e. The lowest BCUT2D eigenvalue weighted by molar-refractivity contribution is 0.443. The number of hydrogen-bond acceptors (Lipinski definition) is 4. The predicted molar refractivity (Wildman–Crippen MR) is 246 cm³/mol. The van der Waals surface area contributed by atoms with Gasteiger partial charge in [-0.05, 0) is 85.5 Å². The number of phenolic OH excluding ortho intramolecular Hbond substituents is 1. The number of aromatic nitrogens is 2. The zero-order chi connectivity index (χ0) is 41.0. The summed E-state index contributed by atoms with van der Waals surface area (Å²) in [6, 6.07) is 47.0. The van der Waals surface area contributed by atoms with Gasteiger partial charge in [0, 0.05) is 45.9 Å². The van der Waals surface area contributed by atoms with E-state index in [0.29, 0.717) is 0 Å². The summed E-state index contributed by atoms with van der Waals surface area (Å²) in [6.45, 7) is 19.7. The van der Waals surface area contributed by atoms with E-state index < -0.39 is 0 Å². The number of pyridine rings is 2. The standard InChI is InChI=1S/C53H52BN3O/c1-51(2,3)38-32-42(48(58)44(33-38)53(7,8)9)49-54(45-26-24-36(31-43(45)52(4,5)6)34-18-12-10-13-19-34)50-47(57-49)40(27-29-56-50)37-23-25-39(35-20-14-11-15-21-35)41(30-37)46-22-16-17-28-55-46/h10-33,58H,1-9H3. The van der Waals surface area contributed by atoms with E-state index in [2.05, 4.69) is 178 Å². The van der Waals surface area contributed by atoms with Gasteiger partial charge in [-0.2, -0.15) is 0 Å². The molecule has 2 aromatic heterocycles. The van der Waals surface area contributed by atoms with Crippen molar-refractivity contribution in [3.63, 3.8) is 0 Å². The van der Waals surface area contributed by atoms with Crippen molar-refractivity contribution in [2.45, 2.75) is 78.6 Å². The van der Waals surface area contributed by atoms with Gasteiger partial charge in [-0.15, -0.1) is 0 Å². The second kappa shape index (κ2) is 14.7. The predicted octanol–water partition coefficient (Wildman–Crippen LogP) is 12.0. The maximum absolute atomic E-state index is 12.4. The van der Waals surface area contributed by atoms with Crippen molar-refractivity contribution >= 4 is 29.1 Å². The van der Waals surface area contributed by atoms with E-state index in [-0.39, 0.29) is 28.7 Å². The molecular formula is C53H52BN3O. The summed E-state index contributed by atoms with van der Waals surface area (Å²) >= 11 is 0. The number of aliphatic imine (C=N–C) groups is 1. The summed E-state index contributed by atoms with van der Waals surface area (Å²) in [5.74, 6) is 0.279. The van der Waals surface area contributed by atoms with Gasteiger partial charge in [0.1, 0.15) is 5.75 Å². The lowest BCUT2D eigenvalue weighted by Crippen LogP contribution is -2.51. The maximum atomic E-state index is 12.4. The number of phenols is 1. The van der Waals surface area contributed by atoms with E-state index in [1.165, 1.54) is 16.7 Å². The Bertz CT molecular complexity index is 2660. The van der Waals surface area contributed by atoms with Gasteiger partial charge in [0.2, 0.25) is 0 Å². The topological polar surface area (TPSA) is 58.4 Å². The molecule has 1 aliphatic heterocycles. The van der Waals surface area contributed by atoms with Gasteiger partial charge in [-0.1, -0.05) is 171 Å². The van der Waals surface area contributed by atoms with E-state index >= 15 is 0 Å². The van der Waals surface area contributed by atoms with Gasteiger partial charge < -0.3 is 5.11 Å². The maximum Gasteiger partial charge on any atom is 0.292 e. The van der Waals surface area contributed by atoms with E-state index in [0.717, 1.165) is 72.6 Å². The van der Waals surface area contributed by atoms with Gasteiger partial charge in [-0.25, -0.2) is 0 Å². The summed E-state index contributed by atoms with van der Waals surface area (Å²) in [5, 5.41) is 12.4. The largest absolute Gasteiger partial charge is 0.507 e. The molecule has 58 heavy (non-hydrogen) atoms. The van der Waals surface area contributed by atoms with Crippen molar-refractivity contribution in [1.82, 2.24) is 9.97 Å². The Morgan fingerprint density at radius 2 is 1.12 bits per heavy atom. The molecule has 0 amide bonds. The Kier molecular flexibility index (Phi) is 9.84. The molecule has 3 heterocycles. The van der Waals surface area contributed by atoms with Crippen LogP contribution in [0, 0.1) is 0 Å². The molecule has 0 unspecified atom stereocenters. The first-order chi connectivity index (χ1) is 27.6. The Balaban J connectivity index is 1.41. The minimum atomic E-state index is -0.332. The number of aromatic hydroxyl groups is 1. The number of nitrogens with zero attached hydrogens (tertiary/aromatic N) is 3. The monoisotopic (exact) mass is 757 g/mol. The number of benzene rings is 5. The van der Waals surface area contributed by atoms with Gasteiger partial charge in [-0.3, -0.25) is 15.0 Å². The molecule has 288 valence electrons. The second-order valence-corrected chi connectivity index (χ2v) is 18.7. The van der Waals surface area contributed by atoms with Gasteiger partial charge in [0.15, 0.2) is 0 Å². The fourth-order valence-electron chi connectivity index (χ4n) is 8.27. The zero-order valence-corrected chi connectivity index (χ0v) is 35.2. The highest BCUT2D eigenvalue weighted by Gasteiger charge is 2.41. The van der Waals surface area contributed by atoms with Crippen LogP contribution in [0.2, 0.25) is 0 Å². The van der Waals surface area contributed by atoms with Crippen molar-refractivity contribution in [3.8, 4) is 50.4 Å². The average Bonchev–Trinajstić information content (AvgIpc) is 3.60. The minimum absolute atomic E-state index is 0.163. The van der Waals surface area contributed by atoms with Crippen molar-refractivity contribution in [2.75, 3.05) is 0 Å². The number of hydrogen-bond donors (Lipinski definition) is 1. The van der Waals surface area contributed by atoms with Crippen LogP contribution in [-0.4, -0.2) is 27.4 Å². The number of fused-ring (bicyclic) bond motifs is 1. The fraction of sp³-hybridized carbons (Fsp3) is 0.226. The summed E-state index contributed by atoms with van der Waals surface area (Å²) in [6.07, 6.45) is 3.77. The van der Waals surface area contributed by atoms with Gasteiger partial charge in [0.05, 0.1) is 11.4 Å². The molecule has 0 aliphatic carbocycles. The molecule has 1 aliphatic rings. The molecule has 0 atom stereocenters. The third-order valence-corrected chi connectivity index (χ3v) is 11.4. The molecule has 0 spiro atoms. The molecule has 0 fully saturated rings. The Hall–Kier alpha value is -6.07. The Morgan fingerprint density at radius 3 is 1.76 bits per heavy atom. The Labute approximate surface area is 344 Å². The lowest BCUT2D eigenvalue weighted by Gasteiger charge is -2.29. The molecule has 1 N–H and O–H groups in total. The van der Waals surface area contributed by atoms with Crippen molar-refractivity contribution in [3.05, 3.63) is 168 Å². The Morgan fingerprint density at radius 1 is 0.466 bits per heavy atom. The van der Waals surface area contributed by atoms with Gasteiger partial charge >= 0.3 is 0 Å². The fourth-order valence-corrected chi connectivity index (χ4v) is 8.27. The molecule has 0 saturated heterocycles. The van der Waals surface area contributed by atoms with Crippen LogP contribution in [0.25, 0.3) is 44.6 Å². The van der Waals surface area contributed by atoms with Crippen LogP contribution in [0.1, 0.15) is 84.6 Å². The van der Waals surface area contributed by atoms with E-state index in [4.69, 9.17) is 15.0 Å². The first-order valence-electron chi connectivity index (χ1n) is 20.4. The van der Waals surface area contributed by atoms with Crippen LogP contribution in [0.4, 0.5) is 5.69 Å². The van der Waals surface area contributed by atoms with Crippen LogP contribution in [0.15, 0.2) is 151 Å². The summed E-state index contributed by atoms with van der Waals surface area (Å²) in [7, 11) is 0. The third kappa shape index (κ3) is 7.31. The van der Waals surface area contributed by atoms with E-state index in [9.17, 15) is 5.11 Å². The van der Waals surface area contributed by atoms with E-state index in [1.54, 1.807) is 0 Å². The quantitative estimate of drug-likeness (QED) is 0.172. The van der Waals surface area contributed by atoms with Crippen LogP contribution < -0.4 is 11.1 Å². The van der Waals surface area contributed by atoms with Gasteiger partial charge in [0.25, 0.3) is 6.71 Å². The van der Waals surface area contributed by atoms with Crippen molar-refractivity contribution in [1.29, 1.82) is 0 Å². The van der Waals surface area contributed by atoms with Crippen molar-refractivity contribution < 1.29 is 5.11 Å². The highest BCUT2D eigenvalue weighted by atomic mass is 16.3. The first-order valence-corrected chi connectivity index (χ1v) is 20.4. The highest BCUT2D eigenvalue weighted by Crippen LogP contribution is 2.43. The molecule has 5 heteroatoms. The second-order valence-electron chi connectivity index (χ2n) is 18.7. The molecule has 5 aromatic carbocycles. The van der Waals surface area contributed by atoms with Crippen LogP contribution in [-0.2, 0) is 16.2 Å². The van der Waals surface area contributed by atoms with E-state index in [1.807, 2.05) is 30.6 Å². The van der Waals surface area contributed by atoms with Crippen molar-refractivity contribution in [2.24, 2.45) is 4.99 Å². The highest BCUT2D eigenvalue weighted by molar-refractivity contribution is 7.12. The molecule has 0 radical (unpaired) electrons. The van der Waals surface area contributed by atoms with Crippen LogP contribution >= 0.6 is 0 Å². The molecule has 0 bridgehead atoms. The summed E-state index contributed by atoms with van der Waals surface area (Å²) in [4.78, 5) is 15.6. The average molecular weight is 758 g/mol. The molecule has 7 aromatic rings. The summed E-state index contributed by atoms with van der Waals surface area (Å²) in [5.41, 5.74) is 15.6. The summed E-state index contributed by atoms with van der Waals surface area (Å²) < 4.78 is 0. The first kappa shape index (κ1) is 38.8. The zero-order valence-electron chi connectivity index (χ0n) is 35.2. The molecule has 8 rings (SSSR count). The van der Waals surface area contributed by atoms with Crippen LogP contribution in [0.5, 0.6) is 5.75 Å². The lowest BCUT2D eigenvalue weighted by atomic mass is 9.37.